The number of sulfonamides is 1. The molecule has 0 bridgehead atoms. The molecular weight excluding hydrogens is 340 g/mol. The highest BCUT2D eigenvalue weighted by Gasteiger charge is 2.29. The van der Waals surface area contributed by atoms with Crippen LogP contribution in [0, 0.1) is 13.8 Å². The SMILES string of the molecule is Cc1ccc(C)c(S(=O)(=O)N(C)[C@H](C)c2nc3ccccc3s2)c1. The molecule has 0 spiro atoms. The normalized spacial score (nSPS) is 13.5. The van der Waals surface area contributed by atoms with Crippen LogP contribution in [-0.2, 0) is 10.0 Å². The van der Waals surface area contributed by atoms with E-state index in [1.54, 1.807) is 13.1 Å². The molecule has 3 rings (SSSR count). The van der Waals surface area contributed by atoms with E-state index < -0.39 is 10.0 Å². The van der Waals surface area contributed by atoms with Crippen molar-refractivity contribution >= 4 is 31.6 Å². The minimum Gasteiger partial charge on any atom is -0.239 e. The molecule has 0 aliphatic carbocycles. The summed E-state index contributed by atoms with van der Waals surface area (Å²) in [6.07, 6.45) is 0. The lowest BCUT2D eigenvalue weighted by atomic mass is 10.2. The summed E-state index contributed by atoms with van der Waals surface area (Å²) in [4.78, 5) is 4.95. The zero-order chi connectivity index (χ0) is 17.5. The maximum absolute atomic E-state index is 13.0. The number of fused-ring (bicyclic) bond motifs is 1. The van der Waals surface area contributed by atoms with E-state index in [1.807, 2.05) is 57.2 Å². The molecule has 0 N–H and O–H groups in total. The van der Waals surface area contributed by atoms with Crippen LogP contribution < -0.4 is 0 Å². The maximum atomic E-state index is 13.0. The number of hydrogen-bond acceptors (Lipinski definition) is 4. The predicted octanol–water partition coefficient (Wildman–Crippen LogP) is 4.29. The minimum absolute atomic E-state index is 0.327. The zero-order valence-electron chi connectivity index (χ0n) is 14.1. The Balaban J connectivity index is 2.00. The summed E-state index contributed by atoms with van der Waals surface area (Å²) >= 11 is 1.54. The molecule has 6 heteroatoms. The Morgan fingerprint density at radius 3 is 2.54 bits per heavy atom. The molecule has 3 aromatic rings. The summed E-state index contributed by atoms with van der Waals surface area (Å²) in [5.41, 5.74) is 2.59. The second-order valence-electron chi connectivity index (χ2n) is 5.99. The molecule has 24 heavy (non-hydrogen) atoms. The molecule has 126 valence electrons. The monoisotopic (exact) mass is 360 g/mol. The molecule has 0 amide bonds. The van der Waals surface area contributed by atoms with E-state index in [1.165, 1.54) is 15.6 Å². The number of rotatable bonds is 4. The van der Waals surface area contributed by atoms with Crippen LogP contribution in [0.1, 0.15) is 29.1 Å². The third kappa shape index (κ3) is 2.97. The molecule has 1 atom stereocenters. The average Bonchev–Trinajstić information content (AvgIpc) is 2.99. The van der Waals surface area contributed by atoms with Gasteiger partial charge in [-0.3, -0.25) is 0 Å². The summed E-state index contributed by atoms with van der Waals surface area (Å²) in [6, 6.07) is 13.0. The zero-order valence-corrected chi connectivity index (χ0v) is 15.8. The lowest BCUT2D eigenvalue weighted by molar-refractivity contribution is 0.397. The van der Waals surface area contributed by atoms with Crippen LogP contribution in [0.3, 0.4) is 0 Å². The van der Waals surface area contributed by atoms with Crippen molar-refractivity contribution in [2.24, 2.45) is 0 Å². The van der Waals surface area contributed by atoms with Crippen molar-refractivity contribution in [3.63, 3.8) is 0 Å². The van der Waals surface area contributed by atoms with E-state index in [-0.39, 0.29) is 6.04 Å². The molecule has 1 heterocycles. The molecule has 0 radical (unpaired) electrons. The Morgan fingerprint density at radius 2 is 1.83 bits per heavy atom. The van der Waals surface area contributed by atoms with E-state index in [4.69, 9.17) is 0 Å². The van der Waals surface area contributed by atoms with Gasteiger partial charge in [0.1, 0.15) is 5.01 Å². The van der Waals surface area contributed by atoms with Gasteiger partial charge in [0.15, 0.2) is 0 Å². The van der Waals surface area contributed by atoms with Crippen molar-refractivity contribution in [1.82, 2.24) is 9.29 Å². The number of aromatic nitrogens is 1. The Hall–Kier alpha value is -1.76. The lowest BCUT2D eigenvalue weighted by Gasteiger charge is -2.23. The molecule has 2 aromatic carbocycles. The Bertz CT molecular complexity index is 960. The van der Waals surface area contributed by atoms with Crippen LogP contribution in [-0.4, -0.2) is 24.8 Å². The van der Waals surface area contributed by atoms with Crippen LogP contribution in [0.5, 0.6) is 0 Å². The van der Waals surface area contributed by atoms with E-state index in [9.17, 15) is 8.42 Å². The van der Waals surface area contributed by atoms with Crippen molar-refractivity contribution in [1.29, 1.82) is 0 Å². The van der Waals surface area contributed by atoms with E-state index in [0.717, 1.165) is 26.4 Å². The Morgan fingerprint density at radius 1 is 1.12 bits per heavy atom. The number of hydrogen-bond donors (Lipinski definition) is 0. The molecule has 0 aliphatic heterocycles. The van der Waals surface area contributed by atoms with Gasteiger partial charge in [-0.25, -0.2) is 13.4 Å². The Kier molecular flexibility index (Phi) is 4.46. The van der Waals surface area contributed by atoms with Crippen molar-refractivity contribution in [2.45, 2.75) is 31.7 Å². The molecule has 0 saturated carbocycles. The molecule has 0 fully saturated rings. The lowest BCUT2D eigenvalue weighted by Crippen LogP contribution is -2.30. The standard InChI is InChI=1S/C18H20N2O2S2/c1-12-9-10-13(2)17(11-12)24(21,22)20(4)14(3)18-19-15-7-5-6-8-16(15)23-18/h5-11,14H,1-4H3/t14-/m1/s1. The van der Waals surface area contributed by atoms with Crippen LogP contribution in [0.15, 0.2) is 47.4 Å². The van der Waals surface area contributed by atoms with Gasteiger partial charge in [-0.1, -0.05) is 24.3 Å². The third-order valence-electron chi connectivity index (χ3n) is 4.21. The number of nitrogens with zero attached hydrogens (tertiary/aromatic N) is 2. The number of thiazole rings is 1. The highest BCUT2D eigenvalue weighted by atomic mass is 32.2. The average molecular weight is 361 g/mol. The van der Waals surface area contributed by atoms with Crippen LogP contribution >= 0.6 is 11.3 Å². The maximum Gasteiger partial charge on any atom is 0.243 e. The van der Waals surface area contributed by atoms with Gasteiger partial charge >= 0.3 is 0 Å². The first-order chi connectivity index (χ1) is 11.3. The van der Waals surface area contributed by atoms with Gasteiger partial charge in [-0.15, -0.1) is 11.3 Å². The summed E-state index contributed by atoms with van der Waals surface area (Å²) in [7, 11) is -1.96. The highest BCUT2D eigenvalue weighted by molar-refractivity contribution is 7.89. The van der Waals surface area contributed by atoms with Crippen molar-refractivity contribution < 1.29 is 8.42 Å². The second kappa shape index (κ2) is 6.27. The van der Waals surface area contributed by atoms with E-state index in [0.29, 0.717) is 4.90 Å². The summed E-state index contributed by atoms with van der Waals surface area (Å²) < 4.78 is 28.6. The van der Waals surface area contributed by atoms with Crippen molar-refractivity contribution in [3.8, 4) is 0 Å². The molecule has 0 aliphatic rings. The topological polar surface area (TPSA) is 50.3 Å². The van der Waals surface area contributed by atoms with Crippen LogP contribution in [0.25, 0.3) is 10.2 Å². The fraction of sp³-hybridized carbons (Fsp3) is 0.278. The fourth-order valence-corrected chi connectivity index (χ4v) is 5.34. The van der Waals surface area contributed by atoms with Gasteiger partial charge in [0, 0.05) is 7.05 Å². The number of aryl methyl sites for hydroxylation is 2. The molecule has 4 nitrogen and oxygen atoms in total. The quantitative estimate of drug-likeness (QED) is 0.697. The number of benzene rings is 2. The van der Waals surface area contributed by atoms with Gasteiger partial charge < -0.3 is 0 Å². The summed E-state index contributed by atoms with van der Waals surface area (Å²) in [6.45, 7) is 5.60. The second-order valence-corrected chi connectivity index (χ2v) is 9.01. The predicted molar refractivity (Wildman–Crippen MR) is 98.9 cm³/mol. The highest BCUT2D eigenvalue weighted by Crippen LogP contribution is 2.32. The molecular formula is C18H20N2O2S2. The summed E-state index contributed by atoms with van der Waals surface area (Å²) in [5, 5.41) is 0.799. The molecule has 1 aromatic heterocycles. The van der Waals surface area contributed by atoms with E-state index in [2.05, 4.69) is 4.98 Å². The largest absolute Gasteiger partial charge is 0.243 e. The smallest absolute Gasteiger partial charge is 0.239 e. The van der Waals surface area contributed by atoms with Gasteiger partial charge in [-0.2, -0.15) is 4.31 Å². The molecule has 0 saturated heterocycles. The van der Waals surface area contributed by atoms with Crippen molar-refractivity contribution in [2.75, 3.05) is 7.05 Å². The van der Waals surface area contributed by atoms with Gasteiger partial charge in [-0.05, 0) is 50.1 Å². The van der Waals surface area contributed by atoms with Gasteiger partial charge in [0.2, 0.25) is 10.0 Å². The summed E-state index contributed by atoms with van der Waals surface area (Å²) in [5.74, 6) is 0. The molecule has 0 unspecified atom stereocenters. The third-order valence-corrected chi connectivity index (χ3v) is 7.49. The van der Waals surface area contributed by atoms with E-state index >= 15 is 0 Å². The number of para-hydroxylation sites is 1. The fourth-order valence-electron chi connectivity index (χ4n) is 2.57. The first kappa shape index (κ1) is 17.1. The first-order valence-electron chi connectivity index (χ1n) is 7.71. The van der Waals surface area contributed by atoms with Crippen LogP contribution in [0.2, 0.25) is 0 Å². The van der Waals surface area contributed by atoms with Gasteiger partial charge in [0.05, 0.1) is 21.2 Å². The van der Waals surface area contributed by atoms with Gasteiger partial charge in [0.25, 0.3) is 0 Å². The van der Waals surface area contributed by atoms with Crippen molar-refractivity contribution in [3.05, 3.63) is 58.6 Å². The van der Waals surface area contributed by atoms with Crippen LogP contribution in [0.4, 0.5) is 0 Å². The minimum atomic E-state index is -3.58. The Labute approximate surface area is 146 Å². The first-order valence-corrected chi connectivity index (χ1v) is 9.97.